The zero-order valence-corrected chi connectivity index (χ0v) is 16.5. The number of hydrogen-bond donors (Lipinski definition) is 1. The van der Waals surface area contributed by atoms with E-state index in [1.807, 2.05) is 17.9 Å². The van der Waals surface area contributed by atoms with Gasteiger partial charge in [-0.25, -0.2) is 0 Å². The average molecular weight is 420 g/mol. The summed E-state index contributed by atoms with van der Waals surface area (Å²) in [6, 6.07) is 8.43. The van der Waals surface area contributed by atoms with E-state index in [-0.39, 0.29) is 5.56 Å². The third kappa shape index (κ3) is 4.55. The number of halogens is 3. The maximum absolute atomic E-state index is 13.2. The van der Waals surface area contributed by atoms with Gasteiger partial charge in [0.15, 0.2) is 0 Å². The lowest BCUT2D eigenvalue weighted by molar-refractivity contribution is -0.138. The first kappa shape index (κ1) is 21.6. The van der Waals surface area contributed by atoms with Crippen LogP contribution in [0.2, 0.25) is 0 Å². The molecule has 1 atom stereocenters. The fourth-order valence-electron chi connectivity index (χ4n) is 3.60. The zero-order chi connectivity index (χ0) is 21.9. The molecule has 0 aliphatic carbocycles. The van der Waals surface area contributed by atoms with Gasteiger partial charge >= 0.3 is 6.18 Å². The minimum Gasteiger partial charge on any atom is -0.369 e. The van der Waals surface area contributed by atoms with Crippen LogP contribution in [0.3, 0.4) is 0 Å². The number of hydrogen-bond acceptors (Lipinski definition) is 4. The average Bonchev–Trinajstić information content (AvgIpc) is 2.73. The van der Waals surface area contributed by atoms with Gasteiger partial charge in [-0.05, 0) is 30.7 Å². The van der Waals surface area contributed by atoms with Crippen molar-refractivity contribution in [2.75, 3.05) is 31.1 Å². The number of benzene rings is 1. The van der Waals surface area contributed by atoms with Crippen molar-refractivity contribution in [3.8, 4) is 0 Å². The van der Waals surface area contributed by atoms with Gasteiger partial charge in [-0.1, -0.05) is 19.1 Å². The van der Waals surface area contributed by atoms with E-state index in [2.05, 4.69) is 4.98 Å². The molecule has 6 nitrogen and oxygen atoms in total. The van der Waals surface area contributed by atoms with Gasteiger partial charge in [-0.15, -0.1) is 0 Å². The number of nitrogens with two attached hydrogens (primary N) is 1. The van der Waals surface area contributed by atoms with Crippen LogP contribution in [-0.4, -0.2) is 47.9 Å². The lowest BCUT2D eigenvalue weighted by Gasteiger charge is -2.36. The fourth-order valence-corrected chi connectivity index (χ4v) is 3.60. The van der Waals surface area contributed by atoms with E-state index in [0.29, 0.717) is 38.3 Å². The normalized spacial score (nSPS) is 15.7. The summed E-state index contributed by atoms with van der Waals surface area (Å²) in [5, 5.41) is 0. The number of alkyl halides is 3. The Balaban J connectivity index is 1.67. The lowest BCUT2D eigenvalue weighted by Crippen LogP contribution is -2.49. The first-order valence-electron chi connectivity index (χ1n) is 9.68. The van der Waals surface area contributed by atoms with Crippen LogP contribution in [0.5, 0.6) is 0 Å². The van der Waals surface area contributed by atoms with E-state index >= 15 is 0 Å². The molecule has 1 fully saturated rings. The minimum absolute atomic E-state index is 0.297. The Labute approximate surface area is 172 Å². The molecule has 2 amide bonds. The van der Waals surface area contributed by atoms with Crippen LogP contribution < -0.4 is 10.6 Å². The van der Waals surface area contributed by atoms with Crippen molar-refractivity contribution < 1.29 is 22.8 Å². The molecule has 160 valence electrons. The minimum atomic E-state index is -4.58. The van der Waals surface area contributed by atoms with Gasteiger partial charge in [-0.3, -0.25) is 14.6 Å². The molecule has 30 heavy (non-hydrogen) atoms. The van der Waals surface area contributed by atoms with Crippen LogP contribution in [-0.2, 0) is 11.0 Å². The number of pyridine rings is 1. The van der Waals surface area contributed by atoms with Crippen molar-refractivity contribution in [3.05, 3.63) is 59.4 Å². The summed E-state index contributed by atoms with van der Waals surface area (Å²) in [6.07, 6.45) is -2.37. The second-order valence-corrected chi connectivity index (χ2v) is 7.13. The van der Waals surface area contributed by atoms with E-state index in [9.17, 15) is 22.8 Å². The van der Waals surface area contributed by atoms with Crippen LogP contribution in [0.25, 0.3) is 0 Å². The number of aromatic nitrogens is 1. The molecule has 3 rings (SSSR count). The molecular formula is C21H23F3N4O2. The summed E-state index contributed by atoms with van der Waals surface area (Å²) in [5.41, 5.74) is 5.56. The SMILES string of the molecule is CCC(C(N)=O)c1ccc(N2CCN(C(=O)c3ccccc3C(F)(F)F)CC2)cn1. The molecule has 1 aromatic carbocycles. The number of piperazine rings is 1. The number of carbonyl (C=O) groups excluding carboxylic acids is 2. The largest absolute Gasteiger partial charge is 0.417 e. The molecule has 1 aliphatic rings. The highest BCUT2D eigenvalue weighted by Crippen LogP contribution is 2.32. The second kappa shape index (κ2) is 8.73. The van der Waals surface area contributed by atoms with E-state index in [4.69, 9.17) is 5.73 Å². The summed E-state index contributed by atoms with van der Waals surface area (Å²) in [5.74, 6) is -1.49. The first-order chi connectivity index (χ1) is 14.2. The molecule has 1 aromatic heterocycles. The molecule has 2 aromatic rings. The molecule has 0 bridgehead atoms. The van der Waals surface area contributed by atoms with Gasteiger partial charge in [0.05, 0.1) is 34.6 Å². The fraction of sp³-hybridized carbons (Fsp3) is 0.381. The highest BCUT2D eigenvalue weighted by molar-refractivity contribution is 5.96. The molecule has 0 spiro atoms. The molecule has 0 saturated carbocycles. The molecule has 0 radical (unpaired) electrons. The highest BCUT2D eigenvalue weighted by atomic mass is 19.4. The van der Waals surface area contributed by atoms with E-state index in [1.54, 1.807) is 12.3 Å². The molecule has 2 heterocycles. The molecule has 1 aliphatic heterocycles. The summed E-state index contributed by atoms with van der Waals surface area (Å²) in [6.45, 7) is 3.39. The Morgan fingerprint density at radius 1 is 1.10 bits per heavy atom. The van der Waals surface area contributed by atoms with Crippen LogP contribution in [0.4, 0.5) is 18.9 Å². The van der Waals surface area contributed by atoms with E-state index in [0.717, 1.165) is 11.8 Å². The number of carbonyl (C=O) groups is 2. The predicted molar refractivity (Wildman–Crippen MR) is 106 cm³/mol. The van der Waals surface area contributed by atoms with Gasteiger partial charge in [-0.2, -0.15) is 13.2 Å². The Bertz CT molecular complexity index is 907. The van der Waals surface area contributed by atoms with Crippen LogP contribution >= 0.6 is 0 Å². The quantitative estimate of drug-likeness (QED) is 0.807. The third-order valence-electron chi connectivity index (χ3n) is 5.27. The number of nitrogens with zero attached hydrogens (tertiary/aromatic N) is 3. The number of anilines is 1. The topological polar surface area (TPSA) is 79.5 Å². The molecule has 1 unspecified atom stereocenters. The van der Waals surface area contributed by atoms with Crippen molar-refractivity contribution in [3.63, 3.8) is 0 Å². The van der Waals surface area contributed by atoms with E-state index < -0.39 is 29.5 Å². The molecular weight excluding hydrogens is 397 g/mol. The monoisotopic (exact) mass is 420 g/mol. The Morgan fingerprint density at radius 3 is 2.30 bits per heavy atom. The smallest absolute Gasteiger partial charge is 0.369 e. The van der Waals surface area contributed by atoms with Crippen molar-refractivity contribution in [1.82, 2.24) is 9.88 Å². The van der Waals surface area contributed by atoms with Crippen LogP contribution in [0, 0.1) is 0 Å². The summed E-state index contributed by atoms with van der Waals surface area (Å²) >= 11 is 0. The number of amides is 2. The van der Waals surface area contributed by atoms with Gasteiger partial charge < -0.3 is 15.5 Å². The van der Waals surface area contributed by atoms with E-state index in [1.165, 1.54) is 23.1 Å². The number of primary amides is 1. The summed E-state index contributed by atoms with van der Waals surface area (Å²) in [7, 11) is 0. The summed E-state index contributed by atoms with van der Waals surface area (Å²) < 4.78 is 39.6. The highest BCUT2D eigenvalue weighted by Gasteiger charge is 2.36. The lowest BCUT2D eigenvalue weighted by atomic mass is 10.0. The van der Waals surface area contributed by atoms with Gasteiger partial charge in [0.25, 0.3) is 5.91 Å². The third-order valence-corrected chi connectivity index (χ3v) is 5.27. The Hall–Kier alpha value is -3.10. The van der Waals surface area contributed by atoms with Gasteiger partial charge in [0.2, 0.25) is 5.91 Å². The molecule has 1 saturated heterocycles. The van der Waals surface area contributed by atoms with Crippen LogP contribution in [0.15, 0.2) is 42.6 Å². The molecule has 2 N–H and O–H groups in total. The maximum Gasteiger partial charge on any atom is 0.417 e. The first-order valence-corrected chi connectivity index (χ1v) is 9.68. The number of rotatable bonds is 5. The predicted octanol–water partition coefficient (Wildman–Crippen LogP) is 3.04. The standard InChI is InChI=1S/C21H23F3N4O2/c1-2-15(19(25)29)18-8-7-14(13-26-18)27-9-11-28(12-10-27)20(30)16-5-3-4-6-17(16)21(22,23)24/h3-8,13,15H,2,9-12H2,1H3,(H2,25,29). The van der Waals surface area contributed by atoms with Crippen LogP contribution in [0.1, 0.15) is 40.9 Å². The Kier molecular flexibility index (Phi) is 6.28. The van der Waals surface area contributed by atoms with Gasteiger partial charge in [0, 0.05) is 26.2 Å². The second-order valence-electron chi connectivity index (χ2n) is 7.13. The van der Waals surface area contributed by atoms with Crippen molar-refractivity contribution in [2.24, 2.45) is 5.73 Å². The van der Waals surface area contributed by atoms with Crippen molar-refractivity contribution in [1.29, 1.82) is 0 Å². The van der Waals surface area contributed by atoms with Crippen molar-refractivity contribution >= 4 is 17.5 Å². The zero-order valence-electron chi connectivity index (χ0n) is 16.5. The maximum atomic E-state index is 13.2. The summed E-state index contributed by atoms with van der Waals surface area (Å²) in [4.78, 5) is 31.9. The van der Waals surface area contributed by atoms with Gasteiger partial charge in [0.1, 0.15) is 0 Å². The Morgan fingerprint density at radius 2 is 1.77 bits per heavy atom. The molecule has 9 heteroatoms. The van der Waals surface area contributed by atoms with Crippen molar-refractivity contribution in [2.45, 2.75) is 25.4 Å².